The van der Waals surface area contributed by atoms with E-state index in [2.05, 4.69) is 20.9 Å². The van der Waals surface area contributed by atoms with Gasteiger partial charge in [-0.1, -0.05) is 18.2 Å². The van der Waals surface area contributed by atoms with Gasteiger partial charge in [-0.25, -0.2) is 9.78 Å². The summed E-state index contributed by atoms with van der Waals surface area (Å²) >= 11 is 1.28. The van der Waals surface area contributed by atoms with Crippen molar-refractivity contribution in [2.75, 3.05) is 30.4 Å². The third-order valence-corrected chi connectivity index (χ3v) is 7.92. The average Bonchev–Trinajstić information content (AvgIpc) is 3.30. The Bertz CT molecular complexity index is 1520. The zero-order valence-corrected chi connectivity index (χ0v) is 21.8. The summed E-state index contributed by atoms with van der Waals surface area (Å²) in [4.78, 5) is 34.1. The Morgan fingerprint density at radius 1 is 1.11 bits per heavy atom. The molecular formula is C28H27N5O4S. The van der Waals surface area contributed by atoms with Gasteiger partial charge in [0.25, 0.3) is 5.91 Å². The summed E-state index contributed by atoms with van der Waals surface area (Å²) < 4.78 is 11.4. The van der Waals surface area contributed by atoms with Crippen molar-refractivity contribution in [2.45, 2.75) is 25.5 Å². The summed E-state index contributed by atoms with van der Waals surface area (Å²) in [5.74, 6) is 1.18. The normalized spacial score (nSPS) is 18.8. The second kappa shape index (κ2) is 10.1. The average molecular weight is 530 g/mol. The van der Waals surface area contributed by atoms with Gasteiger partial charge in [-0.2, -0.15) is 0 Å². The molecule has 2 atom stereocenters. The number of carbonyl (C=O) groups excluding carboxylic acids is 2. The number of piperidine rings is 1. The van der Waals surface area contributed by atoms with Crippen LogP contribution in [-0.2, 0) is 4.74 Å². The fourth-order valence-electron chi connectivity index (χ4n) is 4.99. The maximum absolute atomic E-state index is 13.5. The minimum Gasteiger partial charge on any atom is -0.457 e. The SMILES string of the molecule is CO[C@@H]1CNC[C@H](NC(=O)c2sc3nccc4c3c2NC(=O)N4c2ccc(Oc3ccccc3)cc2C)C1. The molecule has 3 N–H and O–H groups in total. The van der Waals surface area contributed by atoms with E-state index in [0.29, 0.717) is 33.4 Å². The predicted octanol–water partition coefficient (Wildman–Crippen LogP) is 5.19. The minimum atomic E-state index is -0.337. The molecule has 2 aliphatic rings. The summed E-state index contributed by atoms with van der Waals surface area (Å²) in [5, 5.41) is 10.1. The highest BCUT2D eigenvalue weighted by atomic mass is 32.1. The number of aryl methyl sites for hydroxylation is 1. The number of nitrogens with one attached hydrogen (secondary N) is 3. The largest absolute Gasteiger partial charge is 0.457 e. The van der Waals surface area contributed by atoms with Crippen LogP contribution in [0.1, 0.15) is 21.7 Å². The van der Waals surface area contributed by atoms with Crippen molar-refractivity contribution in [1.82, 2.24) is 15.6 Å². The summed E-state index contributed by atoms with van der Waals surface area (Å²) in [6, 6.07) is 16.6. The van der Waals surface area contributed by atoms with Gasteiger partial charge in [0.05, 0.1) is 28.6 Å². The number of hydrogen-bond acceptors (Lipinski definition) is 7. The van der Waals surface area contributed by atoms with Crippen molar-refractivity contribution < 1.29 is 19.1 Å². The van der Waals surface area contributed by atoms with E-state index in [1.807, 2.05) is 55.5 Å². The van der Waals surface area contributed by atoms with Gasteiger partial charge in [-0.3, -0.25) is 9.69 Å². The third kappa shape index (κ3) is 4.47. The fraction of sp³-hybridized carbons (Fsp3) is 0.250. The highest BCUT2D eigenvalue weighted by molar-refractivity contribution is 7.21. The second-order valence-electron chi connectivity index (χ2n) is 9.37. The van der Waals surface area contributed by atoms with Gasteiger partial charge in [0.15, 0.2) is 0 Å². The van der Waals surface area contributed by atoms with Crippen molar-refractivity contribution in [1.29, 1.82) is 0 Å². The molecule has 0 bridgehead atoms. The van der Waals surface area contributed by atoms with Crippen LogP contribution in [-0.4, -0.2) is 49.3 Å². The van der Waals surface area contributed by atoms with Crippen molar-refractivity contribution >= 4 is 50.6 Å². The lowest BCUT2D eigenvalue weighted by molar-refractivity contribution is 0.0653. The number of rotatable bonds is 6. The first-order valence-electron chi connectivity index (χ1n) is 12.4. The number of nitrogens with zero attached hydrogens (tertiary/aromatic N) is 2. The second-order valence-corrected chi connectivity index (χ2v) is 10.4. The molecule has 3 amide bonds. The van der Waals surface area contributed by atoms with Crippen LogP contribution in [0.3, 0.4) is 0 Å². The monoisotopic (exact) mass is 529 g/mol. The zero-order chi connectivity index (χ0) is 26.2. The van der Waals surface area contributed by atoms with Crippen molar-refractivity contribution in [3.8, 4) is 11.5 Å². The van der Waals surface area contributed by atoms with Crippen LogP contribution in [0.15, 0.2) is 60.8 Å². The summed E-state index contributed by atoms with van der Waals surface area (Å²) in [6.45, 7) is 3.36. The van der Waals surface area contributed by atoms with Gasteiger partial charge < -0.3 is 25.4 Å². The van der Waals surface area contributed by atoms with Crippen LogP contribution in [0.25, 0.3) is 10.2 Å². The number of anilines is 3. The fourth-order valence-corrected chi connectivity index (χ4v) is 6.02. The number of aromatic nitrogens is 1. The quantitative estimate of drug-likeness (QED) is 0.318. The van der Waals surface area contributed by atoms with Gasteiger partial charge in [-0.15, -0.1) is 11.3 Å². The first-order valence-corrected chi connectivity index (χ1v) is 13.2. The van der Waals surface area contributed by atoms with Gasteiger partial charge in [-0.05, 0) is 55.3 Å². The van der Waals surface area contributed by atoms with Crippen LogP contribution in [0.2, 0.25) is 0 Å². The molecule has 0 radical (unpaired) electrons. The Balaban J connectivity index is 1.31. The molecule has 9 nitrogen and oxygen atoms in total. The molecule has 1 fully saturated rings. The number of benzene rings is 2. The standard InChI is InChI=1S/C28H27N5O4S/c1-16-12-19(37-18-6-4-3-5-7-18)8-9-21(16)33-22-10-11-30-27-23(22)24(32-28(33)35)25(38-27)26(34)31-17-13-20(36-2)15-29-14-17/h3-12,17,20,29H,13-15H2,1-2H3,(H,31,34)(H,32,35)/t17-,20+/m1/s1. The molecule has 194 valence electrons. The number of ether oxygens (including phenoxy) is 2. The Hall–Kier alpha value is -3.99. The van der Waals surface area contributed by atoms with Crippen LogP contribution in [0.5, 0.6) is 11.5 Å². The van der Waals surface area contributed by atoms with Crippen molar-refractivity contribution in [2.24, 2.45) is 0 Å². The Morgan fingerprint density at radius 3 is 2.74 bits per heavy atom. The van der Waals surface area contributed by atoms with Crippen LogP contribution >= 0.6 is 11.3 Å². The highest BCUT2D eigenvalue weighted by Gasteiger charge is 2.34. The van der Waals surface area contributed by atoms with E-state index >= 15 is 0 Å². The summed E-state index contributed by atoms with van der Waals surface area (Å²) in [7, 11) is 1.67. The Morgan fingerprint density at radius 2 is 1.95 bits per heavy atom. The first-order chi connectivity index (χ1) is 18.5. The number of methoxy groups -OCH3 is 1. The van der Waals surface area contributed by atoms with E-state index < -0.39 is 0 Å². The number of hydrogen-bond donors (Lipinski definition) is 3. The van der Waals surface area contributed by atoms with E-state index in [0.717, 1.165) is 35.4 Å². The molecule has 0 aliphatic carbocycles. The van der Waals surface area contributed by atoms with Gasteiger partial charge in [0.2, 0.25) is 0 Å². The number of carbonyl (C=O) groups is 2. The molecule has 2 aromatic carbocycles. The number of thiophene rings is 1. The topological polar surface area (TPSA) is 105 Å². The summed E-state index contributed by atoms with van der Waals surface area (Å²) in [5.41, 5.74) is 2.77. The molecule has 4 aromatic rings. The summed E-state index contributed by atoms with van der Waals surface area (Å²) in [6.07, 6.45) is 2.44. The van der Waals surface area contributed by atoms with Crippen molar-refractivity contribution in [3.63, 3.8) is 0 Å². The molecule has 0 unspecified atom stereocenters. The minimum absolute atomic E-state index is 0.0454. The zero-order valence-electron chi connectivity index (χ0n) is 21.0. The third-order valence-electron chi connectivity index (χ3n) is 6.82. The number of para-hydroxylation sites is 1. The lowest BCUT2D eigenvalue weighted by atomic mass is 10.0. The van der Waals surface area contributed by atoms with E-state index in [1.165, 1.54) is 11.3 Å². The molecule has 2 aromatic heterocycles. The van der Waals surface area contributed by atoms with E-state index in [4.69, 9.17) is 9.47 Å². The molecule has 0 saturated carbocycles. The number of amides is 3. The molecule has 38 heavy (non-hydrogen) atoms. The van der Waals surface area contributed by atoms with Crippen LogP contribution in [0, 0.1) is 6.92 Å². The van der Waals surface area contributed by atoms with Gasteiger partial charge >= 0.3 is 6.03 Å². The van der Waals surface area contributed by atoms with Crippen molar-refractivity contribution in [3.05, 3.63) is 71.2 Å². The molecule has 10 heteroatoms. The first kappa shape index (κ1) is 24.4. The molecular weight excluding hydrogens is 502 g/mol. The molecule has 4 heterocycles. The Labute approximate surface area is 223 Å². The lowest BCUT2D eigenvalue weighted by Crippen LogP contribution is -2.51. The maximum Gasteiger partial charge on any atom is 0.331 e. The maximum atomic E-state index is 13.5. The van der Waals surface area contributed by atoms with Crippen LogP contribution < -0.4 is 25.6 Å². The number of urea groups is 1. The van der Waals surface area contributed by atoms with E-state index in [9.17, 15) is 9.59 Å². The molecule has 0 spiro atoms. The van der Waals surface area contributed by atoms with Gasteiger partial charge in [0, 0.05) is 32.4 Å². The number of pyridine rings is 1. The predicted molar refractivity (Wildman–Crippen MR) is 148 cm³/mol. The Kier molecular flexibility index (Phi) is 6.44. The van der Waals surface area contributed by atoms with Crippen LogP contribution in [0.4, 0.5) is 21.9 Å². The van der Waals surface area contributed by atoms with E-state index in [1.54, 1.807) is 24.3 Å². The smallest absolute Gasteiger partial charge is 0.331 e. The van der Waals surface area contributed by atoms with Gasteiger partial charge in [0.1, 0.15) is 21.2 Å². The lowest BCUT2D eigenvalue weighted by Gasteiger charge is -2.30. The van der Waals surface area contributed by atoms with E-state index in [-0.39, 0.29) is 24.1 Å². The molecule has 6 rings (SSSR count). The molecule has 2 aliphatic heterocycles. The molecule has 1 saturated heterocycles. The highest BCUT2D eigenvalue weighted by Crippen LogP contribution is 2.46.